The van der Waals surface area contributed by atoms with Crippen molar-refractivity contribution in [3.63, 3.8) is 0 Å². The van der Waals surface area contributed by atoms with Crippen LogP contribution in [0.25, 0.3) is 0 Å². The number of rotatable bonds is 2. The Balaban J connectivity index is 2.27. The fourth-order valence-corrected chi connectivity index (χ4v) is 4.06. The second-order valence-corrected chi connectivity index (χ2v) is 7.90. The number of hydrogen-bond acceptors (Lipinski definition) is 3. The Kier molecular flexibility index (Phi) is 5.06. The Morgan fingerprint density at radius 1 is 1.33 bits per heavy atom. The van der Waals surface area contributed by atoms with Crippen molar-refractivity contribution >= 4 is 31.9 Å². The molecule has 1 unspecified atom stereocenters. The van der Waals surface area contributed by atoms with Crippen LogP contribution in [0.4, 0.5) is 0 Å². The number of hydrogen-bond donors (Lipinski definition) is 1. The first-order valence-corrected chi connectivity index (χ1v) is 9.24. The van der Waals surface area contributed by atoms with Crippen molar-refractivity contribution in [2.75, 3.05) is 13.1 Å². The first-order valence-electron chi connectivity index (χ1n) is 6.90. The summed E-state index contributed by atoms with van der Waals surface area (Å²) >= 11 is 3.15. The summed E-state index contributed by atoms with van der Waals surface area (Å²) in [4.78, 5) is 14.3. The minimum absolute atomic E-state index is 0.0588. The lowest BCUT2D eigenvalue weighted by molar-refractivity contribution is 0.0760. The highest BCUT2D eigenvalue weighted by atomic mass is 79.9. The quantitative estimate of drug-likeness (QED) is 0.862. The Hall–Kier alpha value is -0.920. The second-order valence-electron chi connectivity index (χ2n) is 5.52. The molecule has 1 atom stereocenters. The first-order chi connectivity index (χ1) is 9.79. The van der Waals surface area contributed by atoms with E-state index in [1.54, 1.807) is 17.0 Å². The van der Waals surface area contributed by atoms with E-state index >= 15 is 0 Å². The summed E-state index contributed by atoms with van der Waals surface area (Å²) in [6.07, 6.45) is 3.07. The molecule has 0 saturated carbocycles. The van der Waals surface area contributed by atoms with Crippen molar-refractivity contribution in [2.24, 2.45) is 11.1 Å². The van der Waals surface area contributed by atoms with E-state index in [1.165, 1.54) is 6.07 Å². The number of nitrogens with zero attached hydrogens (tertiary/aromatic N) is 1. The summed E-state index contributed by atoms with van der Waals surface area (Å²) < 4.78 is 23.4. The summed E-state index contributed by atoms with van der Waals surface area (Å²) in [5.41, 5.74) is 0.358. The molecule has 1 aromatic carbocycles. The predicted molar refractivity (Wildman–Crippen MR) is 84.4 cm³/mol. The molecule has 1 fully saturated rings. The van der Waals surface area contributed by atoms with Gasteiger partial charge in [-0.05, 0) is 59.3 Å². The van der Waals surface area contributed by atoms with E-state index < -0.39 is 10.0 Å². The Morgan fingerprint density at radius 3 is 2.71 bits per heavy atom. The van der Waals surface area contributed by atoms with Crippen molar-refractivity contribution in [1.29, 1.82) is 0 Å². The van der Waals surface area contributed by atoms with Crippen LogP contribution in [0.1, 0.15) is 36.5 Å². The number of amides is 1. The smallest absolute Gasteiger partial charge is 0.253 e. The zero-order chi connectivity index (χ0) is 15.6. The molecule has 1 saturated heterocycles. The molecule has 1 aliphatic heterocycles. The van der Waals surface area contributed by atoms with E-state index in [0.29, 0.717) is 29.0 Å². The molecule has 0 aliphatic carbocycles. The van der Waals surface area contributed by atoms with Gasteiger partial charge in [-0.2, -0.15) is 0 Å². The van der Waals surface area contributed by atoms with Crippen LogP contribution in [0.15, 0.2) is 27.6 Å². The standard InChI is InChI=1S/C14H19BrN2O3S/c1-10-3-2-7-17(8-6-10)14(18)11-4-5-12(15)13(9-11)21(16,19)20/h4-5,9-10H,2-3,6-8H2,1H3,(H2,16,19,20). The monoisotopic (exact) mass is 374 g/mol. The van der Waals surface area contributed by atoms with Crippen molar-refractivity contribution in [3.05, 3.63) is 28.2 Å². The molecule has 0 aromatic heterocycles. The highest BCUT2D eigenvalue weighted by Crippen LogP contribution is 2.24. The molecular formula is C14H19BrN2O3S. The molecule has 7 heteroatoms. The lowest BCUT2D eigenvalue weighted by atomic mass is 10.0. The number of nitrogens with two attached hydrogens (primary N) is 1. The van der Waals surface area contributed by atoms with E-state index in [1.807, 2.05) is 0 Å². The molecule has 0 radical (unpaired) electrons. The SMILES string of the molecule is CC1CCCN(C(=O)c2ccc(Br)c(S(N)(=O)=O)c2)CC1. The summed E-state index contributed by atoms with van der Waals surface area (Å²) in [5, 5.41) is 5.17. The van der Waals surface area contributed by atoms with E-state index in [-0.39, 0.29) is 10.8 Å². The van der Waals surface area contributed by atoms with Gasteiger partial charge in [0.15, 0.2) is 0 Å². The number of likely N-dealkylation sites (tertiary alicyclic amines) is 1. The van der Waals surface area contributed by atoms with Crippen molar-refractivity contribution in [2.45, 2.75) is 31.1 Å². The molecule has 116 valence electrons. The molecule has 2 rings (SSSR count). The zero-order valence-electron chi connectivity index (χ0n) is 11.9. The van der Waals surface area contributed by atoms with Gasteiger partial charge >= 0.3 is 0 Å². The highest BCUT2D eigenvalue weighted by Gasteiger charge is 2.22. The van der Waals surface area contributed by atoms with E-state index in [0.717, 1.165) is 19.3 Å². The van der Waals surface area contributed by atoms with Gasteiger partial charge in [-0.15, -0.1) is 0 Å². The van der Waals surface area contributed by atoms with Crippen molar-refractivity contribution in [3.8, 4) is 0 Å². The van der Waals surface area contributed by atoms with Crippen molar-refractivity contribution in [1.82, 2.24) is 4.90 Å². The molecule has 1 heterocycles. The van der Waals surface area contributed by atoms with Gasteiger partial charge < -0.3 is 4.90 Å². The highest BCUT2D eigenvalue weighted by molar-refractivity contribution is 9.10. The topological polar surface area (TPSA) is 80.5 Å². The van der Waals surface area contributed by atoms with E-state index in [9.17, 15) is 13.2 Å². The van der Waals surface area contributed by atoms with Crippen LogP contribution >= 0.6 is 15.9 Å². The minimum Gasteiger partial charge on any atom is -0.339 e. The largest absolute Gasteiger partial charge is 0.339 e. The number of carbonyl (C=O) groups is 1. The molecule has 1 aromatic rings. The molecule has 0 bridgehead atoms. The number of benzene rings is 1. The Bertz CT molecular complexity index is 646. The van der Waals surface area contributed by atoms with Gasteiger partial charge in [0, 0.05) is 23.1 Å². The summed E-state index contributed by atoms with van der Waals surface area (Å²) in [5.74, 6) is 0.481. The molecule has 1 aliphatic rings. The van der Waals surface area contributed by atoms with Crippen LogP contribution in [0.2, 0.25) is 0 Å². The number of primary sulfonamides is 1. The summed E-state index contributed by atoms with van der Waals surface area (Å²) in [6.45, 7) is 3.61. The zero-order valence-corrected chi connectivity index (χ0v) is 14.3. The fourth-order valence-electron chi connectivity index (χ4n) is 2.50. The third-order valence-corrected chi connectivity index (χ3v) is 5.69. The van der Waals surface area contributed by atoms with Gasteiger partial charge in [0.05, 0.1) is 4.90 Å². The molecule has 1 amide bonds. The van der Waals surface area contributed by atoms with Gasteiger partial charge in [0.2, 0.25) is 10.0 Å². The number of sulfonamides is 1. The Labute approximate surface area is 133 Å². The van der Waals surface area contributed by atoms with Crippen LogP contribution in [-0.4, -0.2) is 32.3 Å². The maximum absolute atomic E-state index is 12.5. The average molecular weight is 375 g/mol. The van der Waals surface area contributed by atoms with Gasteiger partial charge in [0.25, 0.3) is 5.91 Å². The van der Waals surface area contributed by atoms with Crippen LogP contribution in [0, 0.1) is 5.92 Å². The van der Waals surface area contributed by atoms with Gasteiger partial charge in [-0.1, -0.05) is 6.92 Å². The number of carbonyl (C=O) groups excluding carboxylic acids is 1. The summed E-state index contributed by atoms with van der Waals surface area (Å²) in [7, 11) is -3.85. The lowest BCUT2D eigenvalue weighted by Gasteiger charge is -2.21. The van der Waals surface area contributed by atoms with Gasteiger partial charge in [-0.3, -0.25) is 4.79 Å². The third kappa shape index (κ3) is 4.05. The van der Waals surface area contributed by atoms with Crippen molar-refractivity contribution < 1.29 is 13.2 Å². The molecule has 2 N–H and O–H groups in total. The molecule has 5 nitrogen and oxygen atoms in total. The second kappa shape index (κ2) is 6.46. The van der Waals surface area contributed by atoms with Gasteiger partial charge in [-0.25, -0.2) is 13.6 Å². The van der Waals surface area contributed by atoms with Crippen LogP contribution < -0.4 is 5.14 Å². The lowest BCUT2D eigenvalue weighted by Crippen LogP contribution is -2.32. The first kappa shape index (κ1) is 16.5. The maximum Gasteiger partial charge on any atom is 0.253 e. The summed E-state index contributed by atoms with van der Waals surface area (Å²) in [6, 6.07) is 4.51. The fraction of sp³-hybridized carbons (Fsp3) is 0.500. The van der Waals surface area contributed by atoms with Crippen LogP contribution in [-0.2, 0) is 10.0 Å². The molecule has 21 heavy (non-hydrogen) atoms. The maximum atomic E-state index is 12.5. The average Bonchev–Trinajstić information content (AvgIpc) is 2.62. The predicted octanol–water partition coefficient (Wildman–Crippen LogP) is 2.36. The third-order valence-electron chi connectivity index (χ3n) is 3.79. The van der Waals surface area contributed by atoms with E-state index in [2.05, 4.69) is 22.9 Å². The molecule has 0 spiro atoms. The van der Waals surface area contributed by atoms with Crippen LogP contribution in [0.3, 0.4) is 0 Å². The Morgan fingerprint density at radius 2 is 2.05 bits per heavy atom. The number of halogens is 1. The molecular weight excluding hydrogens is 356 g/mol. The van der Waals surface area contributed by atoms with E-state index in [4.69, 9.17) is 5.14 Å². The minimum atomic E-state index is -3.85. The van der Waals surface area contributed by atoms with Gasteiger partial charge in [0.1, 0.15) is 0 Å². The van der Waals surface area contributed by atoms with Crippen LogP contribution in [0.5, 0.6) is 0 Å². The normalized spacial score (nSPS) is 20.1.